The lowest BCUT2D eigenvalue weighted by molar-refractivity contribution is -0.383. The number of nitro benzene ring substituents is 1. The Hall–Kier alpha value is -2.64. The number of benzene rings is 1. The molecule has 1 aromatic rings. The normalized spacial score (nSPS) is 17.2. The first-order valence-corrected chi connectivity index (χ1v) is 6.39. The van der Waals surface area contributed by atoms with Crippen molar-refractivity contribution in [2.24, 2.45) is 0 Å². The Balaban J connectivity index is 2.38. The smallest absolute Gasteiger partial charge is 0.292 e. The number of piperazine rings is 1. The van der Waals surface area contributed by atoms with Gasteiger partial charge < -0.3 is 16.0 Å². The van der Waals surface area contributed by atoms with Gasteiger partial charge in [0.15, 0.2) is 0 Å². The van der Waals surface area contributed by atoms with Gasteiger partial charge in [0.2, 0.25) is 5.91 Å². The van der Waals surface area contributed by atoms with E-state index in [9.17, 15) is 19.7 Å². The van der Waals surface area contributed by atoms with Gasteiger partial charge in [0.1, 0.15) is 11.2 Å². The number of nitrogens with zero attached hydrogens (tertiary/aromatic N) is 2. The molecule has 1 aromatic carbocycles. The molecule has 0 aromatic heterocycles. The van der Waals surface area contributed by atoms with Gasteiger partial charge in [-0.2, -0.15) is 0 Å². The number of carbonyl (C=O) groups is 2. The van der Waals surface area contributed by atoms with E-state index in [2.05, 4.69) is 5.32 Å². The molecule has 1 aliphatic rings. The van der Waals surface area contributed by atoms with E-state index in [1.54, 1.807) is 13.8 Å². The Morgan fingerprint density at radius 3 is 2.76 bits per heavy atom. The van der Waals surface area contributed by atoms with Crippen LogP contribution in [0.15, 0.2) is 18.2 Å². The molecule has 3 N–H and O–H groups in total. The largest absolute Gasteiger partial charge is 0.393 e. The summed E-state index contributed by atoms with van der Waals surface area (Å²) in [4.78, 5) is 36.0. The lowest BCUT2D eigenvalue weighted by atomic mass is 9.97. The quantitative estimate of drug-likeness (QED) is 0.468. The molecule has 0 aliphatic carbocycles. The molecule has 1 aliphatic heterocycles. The third-order valence-corrected chi connectivity index (χ3v) is 3.57. The van der Waals surface area contributed by atoms with Crippen molar-refractivity contribution in [1.29, 1.82) is 0 Å². The van der Waals surface area contributed by atoms with Crippen LogP contribution in [-0.4, -0.2) is 40.3 Å². The maximum Gasteiger partial charge on any atom is 0.292 e. The molecule has 2 amide bonds. The van der Waals surface area contributed by atoms with E-state index in [0.717, 1.165) is 6.07 Å². The summed E-state index contributed by atoms with van der Waals surface area (Å²) in [5.41, 5.74) is 4.32. The van der Waals surface area contributed by atoms with Crippen LogP contribution in [0.4, 0.5) is 11.4 Å². The van der Waals surface area contributed by atoms with E-state index in [4.69, 9.17) is 5.73 Å². The molecule has 2 rings (SSSR count). The van der Waals surface area contributed by atoms with Gasteiger partial charge in [-0.05, 0) is 26.0 Å². The van der Waals surface area contributed by atoms with Crippen molar-refractivity contribution in [2.75, 3.05) is 18.8 Å². The van der Waals surface area contributed by atoms with Crippen molar-refractivity contribution in [3.05, 3.63) is 33.9 Å². The van der Waals surface area contributed by atoms with Gasteiger partial charge in [-0.3, -0.25) is 19.7 Å². The zero-order valence-electron chi connectivity index (χ0n) is 11.8. The minimum atomic E-state index is -1.01. The third-order valence-electron chi connectivity index (χ3n) is 3.57. The minimum Gasteiger partial charge on any atom is -0.393 e. The van der Waals surface area contributed by atoms with E-state index in [0.29, 0.717) is 13.1 Å². The second-order valence-corrected chi connectivity index (χ2v) is 5.30. The summed E-state index contributed by atoms with van der Waals surface area (Å²) in [6.07, 6.45) is 0. The molecular weight excluding hydrogens is 276 g/mol. The Bertz CT molecular complexity index is 627. The highest BCUT2D eigenvalue weighted by atomic mass is 16.6. The fourth-order valence-corrected chi connectivity index (χ4v) is 2.25. The van der Waals surface area contributed by atoms with Crippen molar-refractivity contribution >= 4 is 23.2 Å². The summed E-state index contributed by atoms with van der Waals surface area (Å²) in [6.45, 7) is 3.96. The lowest BCUT2D eigenvalue weighted by Gasteiger charge is -2.41. The Kier molecular flexibility index (Phi) is 3.54. The number of anilines is 1. The molecule has 1 heterocycles. The van der Waals surface area contributed by atoms with Gasteiger partial charge in [-0.15, -0.1) is 0 Å². The van der Waals surface area contributed by atoms with Crippen molar-refractivity contribution in [3.63, 3.8) is 0 Å². The number of nitro groups is 1. The maximum atomic E-state index is 12.5. The van der Waals surface area contributed by atoms with E-state index in [1.807, 2.05) is 0 Å². The number of carbonyl (C=O) groups excluding carboxylic acids is 2. The highest BCUT2D eigenvalue weighted by Gasteiger charge is 2.40. The van der Waals surface area contributed by atoms with Gasteiger partial charge in [-0.1, -0.05) is 0 Å². The zero-order chi connectivity index (χ0) is 15.8. The van der Waals surface area contributed by atoms with Crippen LogP contribution in [0.1, 0.15) is 24.2 Å². The number of rotatable bonds is 2. The van der Waals surface area contributed by atoms with Gasteiger partial charge in [0, 0.05) is 24.7 Å². The van der Waals surface area contributed by atoms with E-state index >= 15 is 0 Å². The summed E-state index contributed by atoms with van der Waals surface area (Å²) in [7, 11) is 0. The maximum absolute atomic E-state index is 12.5. The van der Waals surface area contributed by atoms with Crippen LogP contribution in [0.25, 0.3) is 0 Å². The molecule has 1 saturated heterocycles. The van der Waals surface area contributed by atoms with Gasteiger partial charge in [0.05, 0.1) is 4.92 Å². The Labute approximate surface area is 121 Å². The molecule has 8 heteroatoms. The van der Waals surface area contributed by atoms with Crippen LogP contribution in [-0.2, 0) is 4.79 Å². The zero-order valence-corrected chi connectivity index (χ0v) is 11.8. The Morgan fingerprint density at radius 2 is 2.14 bits per heavy atom. The fourth-order valence-electron chi connectivity index (χ4n) is 2.25. The SMILES string of the molecule is CC1(C)C(=O)NCCN1C(=O)c1ccc(N)c([N+](=O)[O-])c1. The van der Waals surface area contributed by atoms with Crippen LogP contribution in [0.5, 0.6) is 0 Å². The number of hydrogen-bond acceptors (Lipinski definition) is 5. The molecule has 0 radical (unpaired) electrons. The molecule has 0 saturated carbocycles. The number of nitrogen functional groups attached to an aromatic ring is 1. The molecule has 0 atom stereocenters. The summed E-state index contributed by atoms with van der Waals surface area (Å²) in [5, 5.41) is 13.6. The molecule has 0 spiro atoms. The number of nitrogens with one attached hydrogen (secondary N) is 1. The van der Waals surface area contributed by atoms with Crippen LogP contribution in [0, 0.1) is 10.1 Å². The van der Waals surface area contributed by atoms with Crippen molar-refractivity contribution < 1.29 is 14.5 Å². The predicted octanol–water partition coefficient (Wildman–Crippen LogP) is 0.528. The predicted molar refractivity (Wildman–Crippen MR) is 75.6 cm³/mol. The topological polar surface area (TPSA) is 119 Å². The molecule has 21 heavy (non-hydrogen) atoms. The van der Waals surface area contributed by atoms with Crippen LogP contribution >= 0.6 is 0 Å². The number of hydrogen-bond donors (Lipinski definition) is 2. The second kappa shape index (κ2) is 5.04. The average Bonchev–Trinajstić information content (AvgIpc) is 2.41. The van der Waals surface area contributed by atoms with Crippen molar-refractivity contribution in [3.8, 4) is 0 Å². The summed E-state index contributed by atoms with van der Waals surface area (Å²) in [5.74, 6) is -0.690. The van der Waals surface area contributed by atoms with Crippen molar-refractivity contribution in [2.45, 2.75) is 19.4 Å². The van der Waals surface area contributed by atoms with E-state index < -0.39 is 16.4 Å². The van der Waals surface area contributed by atoms with Crippen molar-refractivity contribution in [1.82, 2.24) is 10.2 Å². The van der Waals surface area contributed by atoms with Crippen LogP contribution < -0.4 is 11.1 Å². The first-order valence-electron chi connectivity index (χ1n) is 6.39. The van der Waals surface area contributed by atoms with E-state index in [1.165, 1.54) is 17.0 Å². The Morgan fingerprint density at radius 1 is 1.48 bits per heavy atom. The fraction of sp³-hybridized carbons (Fsp3) is 0.385. The monoisotopic (exact) mass is 292 g/mol. The highest BCUT2D eigenvalue weighted by Crippen LogP contribution is 2.26. The highest BCUT2D eigenvalue weighted by molar-refractivity contribution is 6.00. The summed E-state index contributed by atoms with van der Waals surface area (Å²) >= 11 is 0. The molecule has 8 nitrogen and oxygen atoms in total. The number of amides is 2. The van der Waals surface area contributed by atoms with E-state index in [-0.39, 0.29) is 22.8 Å². The third kappa shape index (κ3) is 2.51. The van der Waals surface area contributed by atoms with Gasteiger partial charge in [-0.25, -0.2) is 0 Å². The average molecular weight is 292 g/mol. The molecule has 0 unspecified atom stereocenters. The summed E-state index contributed by atoms with van der Waals surface area (Å²) in [6, 6.07) is 3.88. The molecular formula is C13H16N4O4. The summed E-state index contributed by atoms with van der Waals surface area (Å²) < 4.78 is 0. The first-order chi connectivity index (χ1) is 9.75. The molecule has 112 valence electrons. The van der Waals surface area contributed by atoms with Crippen LogP contribution in [0.2, 0.25) is 0 Å². The van der Waals surface area contributed by atoms with Crippen LogP contribution in [0.3, 0.4) is 0 Å². The molecule has 0 bridgehead atoms. The minimum absolute atomic E-state index is 0.00722. The lowest BCUT2D eigenvalue weighted by Crippen LogP contribution is -2.63. The number of nitrogens with two attached hydrogens (primary N) is 1. The van der Waals surface area contributed by atoms with Gasteiger partial charge in [0.25, 0.3) is 11.6 Å². The first kappa shape index (κ1) is 14.8. The standard InChI is InChI=1S/C13H16N4O4/c1-13(2)12(19)15-5-6-16(13)11(18)8-3-4-9(14)10(7-8)17(20)21/h3-4,7H,5-6,14H2,1-2H3,(H,15,19). The second-order valence-electron chi connectivity index (χ2n) is 5.30. The molecule has 1 fully saturated rings. The van der Waals surface area contributed by atoms with Gasteiger partial charge >= 0.3 is 0 Å².